The summed E-state index contributed by atoms with van der Waals surface area (Å²) >= 11 is 6.78. The molecule has 0 spiro atoms. The van der Waals surface area contributed by atoms with Gasteiger partial charge in [0.1, 0.15) is 0 Å². The maximum atomic E-state index is 12.4. The van der Waals surface area contributed by atoms with E-state index in [1.165, 1.54) is 0 Å². The molecule has 0 aliphatic rings. The molecule has 6 heteroatoms. The summed E-state index contributed by atoms with van der Waals surface area (Å²) in [4.78, 5) is 0.315. The Morgan fingerprint density at radius 3 is 2.16 bits per heavy atom. The Morgan fingerprint density at radius 2 is 1.74 bits per heavy atom. The minimum absolute atomic E-state index is 0.315. The van der Waals surface area contributed by atoms with Crippen molar-refractivity contribution in [2.75, 3.05) is 10.7 Å². The third kappa shape index (κ3) is 4.03. The first-order valence-corrected chi connectivity index (χ1v) is 9.76. The highest BCUT2D eigenvalue weighted by molar-refractivity contribution is 9.09. The normalized spacial score (nSPS) is 12.7. The van der Waals surface area contributed by atoms with Crippen LogP contribution >= 0.6 is 31.9 Å². The fourth-order valence-electron chi connectivity index (χ4n) is 1.58. The van der Waals surface area contributed by atoms with Crippen molar-refractivity contribution in [3.05, 3.63) is 29.3 Å². The fourth-order valence-corrected chi connectivity index (χ4v) is 5.51. The van der Waals surface area contributed by atoms with Crippen molar-refractivity contribution in [1.82, 2.24) is 4.72 Å². The maximum absolute atomic E-state index is 12.4. The predicted octanol–water partition coefficient (Wildman–Crippen LogP) is 3.52. The molecule has 3 nitrogen and oxygen atoms in total. The Bertz CT molecular complexity index is 531. The monoisotopic (exact) mass is 411 g/mol. The molecule has 0 saturated heterocycles. The van der Waals surface area contributed by atoms with Crippen LogP contribution in [0.1, 0.15) is 24.5 Å². The van der Waals surface area contributed by atoms with Gasteiger partial charge in [0.15, 0.2) is 0 Å². The second kappa shape index (κ2) is 6.70. The zero-order chi connectivity index (χ0) is 14.7. The van der Waals surface area contributed by atoms with E-state index < -0.39 is 15.6 Å². The van der Waals surface area contributed by atoms with E-state index >= 15 is 0 Å². The van der Waals surface area contributed by atoms with Gasteiger partial charge >= 0.3 is 0 Å². The highest BCUT2D eigenvalue weighted by atomic mass is 79.9. The molecule has 0 aliphatic heterocycles. The van der Waals surface area contributed by atoms with Gasteiger partial charge in [0.25, 0.3) is 0 Å². The molecule has 1 rings (SSSR count). The molecule has 0 heterocycles. The highest BCUT2D eigenvalue weighted by Gasteiger charge is 2.31. The van der Waals surface area contributed by atoms with Crippen molar-refractivity contribution in [3.8, 4) is 0 Å². The Kier molecular flexibility index (Phi) is 6.04. The van der Waals surface area contributed by atoms with Gasteiger partial charge in [-0.1, -0.05) is 44.8 Å². The van der Waals surface area contributed by atoms with E-state index in [4.69, 9.17) is 0 Å². The van der Waals surface area contributed by atoms with Gasteiger partial charge in [0.2, 0.25) is 10.0 Å². The number of hydrogen-bond donors (Lipinski definition) is 1. The Labute approximate surface area is 132 Å². The molecular formula is C13H19Br2NO2S. The van der Waals surface area contributed by atoms with Crippen LogP contribution in [0.2, 0.25) is 0 Å². The lowest BCUT2D eigenvalue weighted by Crippen LogP contribution is -2.50. The molecule has 1 aromatic carbocycles. The number of rotatable bonds is 6. The molecule has 108 valence electrons. The first-order valence-electron chi connectivity index (χ1n) is 6.03. The molecule has 0 atom stereocenters. The number of aryl methyl sites for hydroxylation is 2. The average molecular weight is 413 g/mol. The van der Waals surface area contributed by atoms with Gasteiger partial charge in [0.05, 0.1) is 10.4 Å². The van der Waals surface area contributed by atoms with Crippen molar-refractivity contribution in [2.45, 2.75) is 37.6 Å². The Balaban J connectivity index is 3.14. The van der Waals surface area contributed by atoms with Gasteiger partial charge in [-0.15, -0.1) is 0 Å². The lowest BCUT2D eigenvalue weighted by molar-refractivity contribution is 0.459. The quantitative estimate of drug-likeness (QED) is 0.726. The summed E-state index contributed by atoms with van der Waals surface area (Å²) in [7, 11) is -3.50. The maximum Gasteiger partial charge on any atom is 0.241 e. The van der Waals surface area contributed by atoms with Gasteiger partial charge < -0.3 is 0 Å². The molecule has 0 bridgehead atoms. The molecule has 0 fully saturated rings. The molecule has 19 heavy (non-hydrogen) atoms. The largest absolute Gasteiger partial charge is 0.241 e. The summed E-state index contributed by atoms with van der Waals surface area (Å²) in [6.07, 6.45) is 0.702. The first kappa shape index (κ1) is 17.1. The summed E-state index contributed by atoms with van der Waals surface area (Å²) in [5.74, 6) is 0. The summed E-state index contributed by atoms with van der Waals surface area (Å²) in [5, 5.41) is 1.12. The van der Waals surface area contributed by atoms with Gasteiger partial charge in [-0.2, -0.15) is 0 Å². The van der Waals surface area contributed by atoms with E-state index in [9.17, 15) is 8.42 Å². The number of alkyl halides is 2. The van der Waals surface area contributed by atoms with Crippen LogP contribution in [0.25, 0.3) is 0 Å². The van der Waals surface area contributed by atoms with Crippen molar-refractivity contribution in [2.24, 2.45) is 0 Å². The van der Waals surface area contributed by atoms with Crippen LogP contribution in [0.3, 0.4) is 0 Å². The van der Waals surface area contributed by atoms with E-state index in [1.54, 1.807) is 12.1 Å². The minimum Gasteiger partial charge on any atom is -0.207 e. The standard InChI is InChI=1S/C13H19Br2NO2S/c1-4-13(8-14,9-15)16-19(17,18)12-6-5-10(2)11(3)7-12/h5-7,16H,4,8-9H2,1-3H3. The zero-order valence-corrected chi connectivity index (χ0v) is 15.3. The van der Waals surface area contributed by atoms with Crippen molar-refractivity contribution < 1.29 is 8.42 Å². The Hall–Kier alpha value is 0.0900. The second-order valence-corrected chi connectivity index (χ2v) is 7.56. The minimum atomic E-state index is -3.50. The zero-order valence-electron chi connectivity index (χ0n) is 11.3. The van der Waals surface area contributed by atoms with Crippen LogP contribution in [0.4, 0.5) is 0 Å². The number of benzene rings is 1. The van der Waals surface area contributed by atoms with Crippen LogP contribution in [0.5, 0.6) is 0 Å². The number of nitrogens with one attached hydrogen (secondary N) is 1. The van der Waals surface area contributed by atoms with Crippen LogP contribution in [-0.2, 0) is 10.0 Å². The summed E-state index contributed by atoms with van der Waals surface area (Å²) in [5.41, 5.74) is 1.56. The van der Waals surface area contributed by atoms with E-state index in [0.29, 0.717) is 22.0 Å². The highest BCUT2D eigenvalue weighted by Crippen LogP contribution is 2.22. The average Bonchev–Trinajstić information content (AvgIpc) is 2.39. The molecular weight excluding hydrogens is 394 g/mol. The van der Waals surface area contributed by atoms with Gasteiger partial charge in [-0.3, -0.25) is 0 Å². The molecule has 0 unspecified atom stereocenters. The molecule has 0 radical (unpaired) electrons. The second-order valence-electron chi connectivity index (χ2n) is 4.75. The Morgan fingerprint density at radius 1 is 1.16 bits per heavy atom. The van der Waals surface area contributed by atoms with E-state index in [0.717, 1.165) is 11.1 Å². The third-order valence-electron chi connectivity index (χ3n) is 3.33. The number of hydrogen-bond acceptors (Lipinski definition) is 2. The van der Waals surface area contributed by atoms with Crippen molar-refractivity contribution >= 4 is 41.9 Å². The fraction of sp³-hybridized carbons (Fsp3) is 0.538. The lowest BCUT2D eigenvalue weighted by Gasteiger charge is -2.29. The summed E-state index contributed by atoms with van der Waals surface area (Å²) in [6, 6.07) is 5.19. The van der Waals surface area contributed by atoms with Gasteiger partial charge in [0, 0.05) is 10.7 Å². The lowest BCUT2D eigenvalue weighted by atomic mass is 10.0. The molecule has 1 aromatic rings. The number of sulfonamides is 1. The third-order valence-corrected chi connectivity index (χ3v) is 7.05. The van der Waals surface area contributed by atoms with E-state index in [-0.39, 0.29) is 0 Å². The van der Waals surface area contributed by atoms with E-state index in [2.05, 4.69) is 36.6 Å². The molecule has 0 aromatic heterocycles. The van der Waals surface area contributed by atoms with Gasteiger partial charge in [-0.25, -0.2) is 13.1 Å². The molecule has 0 amide bonds. The molecule has 1 N–H and O–H groups in total. The van der Waals surface area contributed by atoms with Crippen LogP contribution in [0, 0.1) is 13.8 Å². The first-order chi connectivity index (χ1) is 8.80. The predicted molar refractivity (Wildman–Crippen MR) is 86.8 cm³/mol. The smallest absolute Gasteiger partial charge is 0.207 e. The molecule has 0 aliphatic carbocycles. The summed E-state index contributed by atoms with van der Waals surface area (Å²) < 4.78 is 27.7. The van der Waals surface area contributed by atoms with Crippen LogP contribution in [0.15, 0.2) is 23.1 Å². The van der Waals surface area contributed by atoms with E-state index in [1.807, 2.05) is 26.8 Å². The van der Waals surface area contributed by atoms with Crippen LogP contribution < -0.4 is 4.72 Å². The summed E-state index contributed by atoms with van der Waals surface area (Å²) in [6.45, 7) is 5.84. The topological polar surface area (TPSA) is 46.2 Å². The molecule has 0 saturated carbocycles. The van der Waals surface area contributed by atoms with Gasteiger partial charge in [-0.05, 0) is 43.5 Å². The van der Waals surface area contributed by atoms with Crippen LogP contribution in [-0.4, -0.2) is 24.6 Å². The van der Waals surface area contributed by atoms with Crippen molar-refractivity contribution in [3.63, 3.8) is 0 Å². The number of halogens is 2. The van der Waals surface area contributed by atoms with Crippen molar-refractivity contribution in [1.29, 1.82) is 0 Å². The SMILES string of the molecule is CCC(CBr)(CBr)NS(=O)(=O)c1ccc(C)c(C)c1.